The number of hydrogen-bond donors (Lipinski definition) is 3. The van der Waals surface area contributed by atoms with E-state index in [2.05, 4.69) is 30.9 Å². The van der Waals surface area contributed by atoms with Gasteiger partial charge < -0.3 is 10.6 Å². The van der Waals surface area contributed by atoms with Crippen molar-refractivity contribution in [2.75, 3.05) is 17.2 Å². The summed E-state index contributed by atoms with van der Waals surface area (Å²) >= 11 is 0. The van der Waals surface area contributed by atoms with Crippen LogP contribution in [0.25, 0.3) is 11.2 Å². The Hall–Kier alpha value is -3.50. The number of fused-ring (bicyclic) bond motifs is 1. The summed E-state index contributed by atoms with van der Waals surface area (Å²) in [5.41, 5.74) is -1.29. The highest BCUT2D eigenvalue weighted by atomic mass is 19.4. The minimum Gasteiger partial charge on any atom is -0.338 e. The van der Waals surface area contributed by atoms with Gasteiger partial charge in [-0.25, -0.2) is 24.1 Å². The van der Waals surface area contributed by atoms with E-state index in [1.165, 1.54) is 12.3 Å². The number of halogens is 4. The van der Waals surface area contributed by atoms with E-state index in [4.69, 9.17) is 0 Å². The molecule has 3 aromatic rings. The van der Waals surface area contributed by atoms with Crippen LogP contribution in [0, 0.1) is 5.82 Å². The number of nitrogens with one attached hydrogen (secondary N) is 3. The maximum absolute atomic E-state index is 14.1. The van der Waals surface area contributed by atoms with Crippen LogP contribution >= 0.6 is 0 Å². The molecule has 0 bridgehead atoms. The monoisotopic (exact) mass is 394 g/mol. The van der Waals surface area contributed by atoms with E-state index in [1.807, 2.05) is 0 Å². The molecule has 3 rings (SSSR count). The Bertz CT molecular complexity index is 1020. The van der Waals surface area contributed by atoms with E-state index in [-0.39, 0.29) is 17.3 Å². The molecule has 0 aliphatic rings. The number of alkyl halides is 3. The van der Waals surface area contributed by atoms with E-state index in [0.717, 1.165) is 12.1 Å². The number of hydrogen-bond acceptors (Lipinski definition) is 5. The molecular formula is C17H14F4N6O. The quantitative estimate of drug-likeness (QED) is 0.581. The molecule has 3 N–H and O–H groups in total. The Kier molecular flexibility index (Phi) is 5.25. The molecule has 0 radical (unpaired) electrons. The number of carbonyl (C=O) groups is 1. The molecule has 0 spiro atoms. The van der Waals surface area contributed by atoms with Crippen LogP contribution in [-0.2, 0) is 6.18 Å². The molecule has 0 unspecified atom stereocenters. The van der Waals surface area contributed by atoms with Gasteiger partial charge in [-0.2, -0.15) is 13.2 Å². The summed E-state index contributed by atoms with van der Waals surface area (Å²) in [4.78, 5) is 23.9. The first-order valence-corrected chi connectivity index (χ1v) is 8.09. The summed E-state index contributed by atoms with van der Waals surface area (Å²) < 4.78 is 52.6. The lowest BCUT2D eigenvalue weighted by atomic mass is 10.1. The van der Waals surface area contributed by atoms with Crippen molar-refractivity contribution in [3.8, 4) is 0 Å². The van der Waals surface area contributed by atoms with Gasteiger partial charge >= 0.3 is 12.2 Å². The lowest BCUT2D eigenvalue weighted by Crippen LogP contribution is -2.28. The second-order valence-corrected chi connectivity index (χ2v) is 5.57. The predicted octanol–water partition coefficient (Wildman–Crippen LogP) is 4.07. The number of anilines is 3. The van der Waals surface area contributed by atoms with Gasteiger partial charge in [0.15, 0.2) is 17.3 Å². The average molecular weight is 394 g/mol. The van der Waals surface area contributed by atoms with E-state index < -0.39 is 29.3 Å². The van der Waals surface area contributed by atoms with Gasteiger partial charge in [0.1, 0.15) is 11.3 Å². The minimum absolute atomic E-state index is 0.00613. The van der Waals surface area contributed by atoms with Gasteiger partial charge in [0.2, 0.25) is 0 Å². The first-order chi connectivity index (χ1) is 13.3. The molecule has 0 aliphatic carbocycles. The van der Waals surface area contributed by atoms with Gasteiger partial charge in [0.05, 0.1) is 17.4 Å². The highest BCUT2D eigenvalue weighted by Crippen LogP contribution is 2.34. The van der Waals surface area contributed by atoms with Crippen LogP contribution in [0.1, 0.15) is 12.5 Å². The maximum Gasteiger partial charge on any atom is 0.419 e. The largest absolute Gasteiger partial charge is 0.419 e. The van der Waals surface area contributed by atoms with Gasteiger partial charge in [0.25, 0.3) is 0 Å². The molecule has 0 atom stereocenters. The summed E-state index contributed by atoms with van der Waals surface area (Å²) in [6, 6.07) is 5.50. The number of aromatic nitrogens is 3. The number of benzene rings is 1. The fraction of sp³-hybridized carbons (Fsp3) is 0.176. The molecule has 1 aromatic carbocycles. The smallest absolute Gasteiger partial charge is 0.338 e. The molecular weight excluding hydrogens is 380 g/mol. The summed E-state index contributed by atoms with van der Waals surface area (Å²) in [6.07, 6.45) is -3.58. The van der Waals surface area contributed by atoms with Crippen molar-refractivity contribution in [1.82, 2.24) is 20.3 Å². The van der Waals surface area contributed by atoms with Crippen LogP contribution in [0.2, 0.25) is 0 Å². The topological polar surface area (TPSA) is 91.8 Å². The fourth-order valence-corrected chi connectivity index (χ4v) is 2.33. The van der Waals surface area contributed by atoms with Crippen LogP contribution in [0.5, 0.6) is 0 Å². The van der Waals surface area contributed by atoms with Gasteiger partial charge in [-0.1, -0.05) is 6.07 Å². The highest BCUT2D eigenvalue weighted by Gasteiger charge is 2.34. The van der Waals surface area contributed by atoms with E-state index in [1.54, 1.807) is 13.0 Å². The van der Waals surface area contributed by atoms with Crippen LogP contribution in [0.3, 0.4) is 0 Å². The number of amides is 2. The molecule has 2 aromatic heterocycles. The molecule has 0 aliphatic heterocycles. The summed E-state index contributed by atoms with van der Waals surface area (Å²) in [7, 11) is 0. The maximum atomic E-state index is 14.1. The Labute approximate surface area is 156 Å². The second kappa shape index (κ2) is 7.62. The van der Waals surface area contributed by atoms with E-state index in [9.17, 15) is 22.4 Å². The molecule has 28 heavy (non-hydrogen) atoms. The lowest BCUT2D eigenvalue weighted by Gasteiger charge is -2.12. The second-order valence-electron chi connectivity index (χ2n) is 5.57. The van der Waals surface area contributed by atoms with Crippen LogP contribution in [-0.4, -0.2) is 27.5 Å². The zero-order chi connectivity index (χ0) is 20.3. The SMILES string of the molecule is CCNC(=O)Nc1ccc2ncc(Nc3cccc(C(F)(F)F)c3F)nc2n1. The first kappa shape index (κ1) is 19.3. The summed E-state index contributed by atoms with van der Waals surface area (Å²) in [5, 5.41) is 7.51. The first-order valence-electron chi connectivity index (χ1n) is 8.09. The number of urea groups is 1. The number of pyridine rings is 1. The Morgan fingerprint density at radius 2 is 1.86 bits per heavy atom. The zero-order valence-corrected chi connectivity index (χ0v) is 14.4. The molecule has 0 saturated heterocycles. The fourth-order valence-electron chi connectivity index (χ4n) is 2.33. The van der Waals surface area contributed by atoms with Crippen molar-refractivity contribution in [3.05, 3.63) is 47.9 Å². The third-order valence-corrected chi connectivity index (χ3v) is 3.55. The van der Waals surface area contributed by atoms with Gasteiger partial charge in [-0.3, -0.25) is 5.32 Å². The van der Waals surface area contributed by atoms with Crippen molar-refractivity contribution in [2.24, 2.45) is 0 Å². The minimum atomic E-state index is -4.82. The van der Waals surface area contributed by atoms with Crippen LogP contribution in [0.15, 0.2) is 36.5 Å². The number of carbonyl (C=O) groups excluding carboxylic acids is 1. The van der Waals surface area contributed by atoms with Crippen LogP contribution in [0.4, 0.5) is 39.7 Å². The van der Waals surface area contributed by atoms with Crippen molar-refractivity contribution in [1.29, 1.82) is 0 Å². The van der Waals surface area contributed by atoms with Gasteiger partial charge in [-0.05, 0) is 31.2 Å². The summed E-state index contributed by atoms with van der Waals surface area (Å²) in [6.45, 7) is 2.18. The normalized spacial score (nSPS) is 11.3. The zero-order valence-electron chi connectivity index (χ0n) is 14.4. The highest BCUT2D eigenvalue weighted by molar-refractivity contribution is 5.89. The standard InChI is InChI=1S/C17H14F4N6O/c1-2-22-16(28)27-12-7-6-11-15(25-12)26-13(8-23-11)24-10-5-3-4-9(14(10)18)17(19,20)21/h3-8H,2H2,1H3,(H3,22,24,25,26,27,28). The number of nitrogens with zero attached hydrogens (tertiary/aromatic N) is 3. The average Bonchev–Trinajstić information content (AvgIpc) is 2.62. The van der Waals surface area contributed by atoms with E-state index in [0.29, 0.717) is 18.1 Å². The van der Waals surface area contributed by atoms with Crippen molar-refractivity contribution >= 4 is 34.5 Å². The Balaban J connectivity index is 1.89. The van der Waals surface area contributed by atoms with Crippen molar-refractivity contribution in [3.63, 3.8) is 0 Å². The molecule has 0 fully saturated rings. The van der Waals surface area contributed by atoms with Gasteiger partial charge in [0, 0.05) is 6.54 Å². The van der Waals surface area contributed by atoms with E-state index >= 15 is 0 Å². The molecule has 0 saturated carbocycles. The van der Waals surface area contributed by atoms with Crippen LogP contribution < -0.4 is 16.0 Å². The third kappa shape index (κ3) is 4.24. The molecule has 146 valence electrons. The van der Waals surface area contributed by atoms with Crippen molar-refractivity contribution < 1.29 is 22.4 Å². The Morgan fingerprint density at radius 3 is 2.57 bits per heavy atom. The Morgan fingerprint density at radius 1 is 1.11 bits per heavy atom. The molecule has 7 nitrogen and oxygen atoms in total. The van der Waals surface area contributed by atoms with Crippen molar-refractivity contribution in [2.45, 2.75) is 13.1 Å². The lowest BCUT2D eigenvalue weighted by molar-refractivity contribution is -0.139. The summed E-state index contributed by atoms with van der Waals surface area (Å²) in [5.74, 6) is -1.25. The molecule has 2 amide bonds. The number of rotatable bonds is 4. The molecule has 2 heterocycles. The van der Waals surface area contributed by atoms with Gasteiger partial charge in [-0.15, -0.1) is 0 Å². The predicted molar refractivity (Wildman–Crippen MR) is 94.7 cm³/mol. The third-order valence-electron chi connectivity index (χ3n) is 3.55. The molecule has 11 heteroatoms.